The van der Waals surface area contributed by atoms with Crippen LogP contribution in [0.3, 0.4) is 0 Å². The molecule has 4 heterocycles. The summed E-state index contributed by atoms with van der Waals surface area (Å²) in [5, 5.41) is 4.92. The number of hydrogen-bond acceptors (Lipinski definition) is 6. The summed E-state index contributed by atoms with van der Waals surface area (Å²) >= 11 is 1.72. The molecule has 6 nitrogen and oxygen atoms in total. The van der Waals surface area contributed by atoms with Crippen molar-refractivity contribution in [3.8, 4) is 0 Å². The van der Waals surface area contributed by atoms with Crippen LogP contribution in [0.25, 0.3) is 0 Å². The molecule has 2 aliphatic rings. The molecule has 128 valence electrons. The Morgan fingerprint density at radius 2 is 2.21 bits per heavy atom. The summed E-state index contributed by atoms with van der Waals surface area (Å²) in [6, 6.07) is 1.70. The molecule has 0 aliphatic carbocycles. The van der Waals surface area contributed by atoms with Crippen LogP contribution in [0.5, 0.6) is 0 Å². The van der Waals surface area contributed by atoms with Crippen molar-refractivity contribution >= 4 is 17.2 Å². The summed E-state index contributed by atoms with van der Waals surface area (Å²) < 4.78 is 11.3. The van der Waals surface area contributed by atoms with Gasteiger partial charge in [0.2, 0.25) is 0 Å². The first-order valence-electron chi connectivity index (χ1n) is 8.33. The minimum atomic E-state index is -0.0466. The van der Waals surface area contributed by atoms with E-state index in [0.29, 0.717) is 23.9 Å². The van der Waals surface area contributed by atoms with Crippen LogP contribution in [0, 0.1) is 26.7 Å². The number of hydrogen-bond donors (Lipinski definition) is 0. The first kappa shape index (κ1) is 15.8. The fourth-order valence-electron chi connectivity index (χ4n) is 3.57. The zero-order valence-corrected chi connectivity index (χ0v) is 14.9. The molecule has 2 aromatic heterocycles. The molecule has 2 saturated heterocycles. The van der Waals surface area contributed by atoms with Gasteiger partial charge in [0.1, 0.15) is 16.9 Å². The monoisotopic (exact) mass is 347 g/mol. The van der Waals surface area contributed by atoms with Crippen LogP contribution >= 0.6 is 11.3 Å². The van der Waals surface area contributed by atoms with Gasteiger partial charge in [-0.05, 0) is 33.6 Å². The van der Waals surface area contributed by atoms with Gasteiger partial charge in [-0.2, -0.15) is 0 Å². The lowest BCUT2D eigenvalue weighted by Gasteiger charge is -2.33. The minimum absolute atomic E-state index is 0.0466. The Kier molecular flexibility index (Phi) is 3.92. The quantitative estimate of drug-likeness (QED) is 0.835. The second kappa shape index (κ2) is 5.97. The Morgan fingerprint density at radius 1 is 1.38 bits per heavy atom. The van der Waals surface area contributed by atoms with Crippen molar-refractivity contribution < 1.29 is 14.1 Å². The summed E-state index contributed by atoms with van der Waals surface area (Å²) in [6.07, 6.45) is 2.09. The maximum Gasteiger partial charge on any atom is 0.276 e. The molecular weight excluding hydrogens is 326 g/mol. The zero-order chi connectivity index (χ0) is 16.8. The Balaban J connectivity index is 1.45. The molecule has 0 unspecified atom stereocenters. The number of ether oxygens (including phenoxy) is 1. The second-order valence-corrected chi connectivity index (χ2v) is 7.95. The molecule has 2 aliphatic heterocycles. The third-order valence-corrected chi connectivity index (χ3v) is 6.14. The second-order valence-electron chi connectivity index (χ2n) is 6.72. The Labute approximate surface area is 144 Å². The summed E-state index contributed by atoms with van der Waals surface area (Å²) in [5.41, 5.74) is 1.49. The van der Waals surface area contributed by atoms with Gasteiger partial charge in [0, 0.05) is 30.0 Å². The van der Waals surface area contributed by atoms with Gasteiger partial charge in [0.25, 0.3) is 5.91 Å². The number of amides is 1. The fourth-order valence-corrected chi connectivity index (χ4v) is 4.54. The molecule has 0 aromatic carbocycles. The smallest absolute Gasteiger partial charge is 0.276 e. The van der Waals surface area contributed by atoms with Crippen LogP contribution < -0.4 is 0 Å². The predicted octanol–water partition coefficient (Wildman–Crippen LogP) is 3.05. The topological polar surface area (TPSA) is 68.5 Å². The number of carbonyl (C=O) groups is 1. The Hall–Kier alpha value is -1.73. The van der Waals surface area contributed by atoms with Crippen molar-refractivity contribution in [1.29, 1.82) is 0 Å². The molecule has 0 saturated carbocycles. The highest BCUT2D eigenvalue weighted by molar-refractivity contribution is 7.11. The summed E-state index contributed by atoms with van der Waals surface area (Å²) in [4.78, 5) is 20.3. The van der Waals surface area contributed by atoms with E-state index in [9.17, 15) is 4.79 Å². The number of aromatic nitrogens is 2. The van der Waals surface area contributed by atoms with Gasteiger partial charge >= 0.3 is 0 Å². The minimum Gasteiger partial charge on any atom is -0.367 e. The lowest BCUT2D eigenvalue weighted by molar-refractivity contribution is 0.00200. The van der Waals surface area contributed by atoms with E-state index in [-0.39, 0.29) is 18.1 Å². The molecule has 3 atom stereocenters. The van der Waals surface area contributed by atoms with Gasteiger partial charge in [-0.15, -0.1) is 11.3 Å². The third kappa shape index (κ3) is 2.75. The van der Waals surface area contributed by atoms with Crippen molar-refractivity contribution in [2.75, 3.05) is 13.1 Å². The van der Waals surface area contributed by atoms with Crippen molar-refractivity contribution in [1.82, 2.24) is 15.0 Å². The SMILES string of the molecule is Cc1cc(C(=O)N2CC[C@@H]3O[C@H](c4nc(C)c(C)s4)C[C@@H]3C2)no1. The van der Waals surface area contributed by atoms with Crippen LogP contribution in [-0.4, -0.2) is 40.1 Å². The maximum absolute atomic E-state index is 12.6. The van der Waals surface area contributed by atoms with Crippen LogP contribution in [0.1, 0.15) is 50.8 Å². The molecule has 0 spiro atoms. The van der Waals surface area contributed by atoms with Crippen molar-refractivity contribution in [3.05, 3.63) is 33.1 Å². The number of nitrogens with zero attached hydrogens (tertiary/aromatic N) is 3. The molecular formula is C17H21N3O3S. The van der Waals surface area contributed by atoms with E-state index in [1.807, 2.05) is 11.8 Å². The number of aryl methyl sites for hydroxylation is 3. The number of carbonyl (C=O) groups excluding carboxylic acids is 1. The predicted molar refractivity (Wildman–Crippen MR) is 89.1 cm³/mol. The van der Waals surface area contributed by atoms with Gasteiger partial charge in [0.15, 0.2) is 5.69 Å². The normalized spacial score (nSPS) is 26.6. The van der Waals surface area contributed by atoms with E-state index in [2.05, 4.69) is 17.1 Å². The highest BCUT2D eigenvalue weighted by Gasteiger charge is 2.42. The van der Waals surface area contributed by atoms with Crippen molar-refractivity contribution in [2.45, 2.75) is 45.8 Å². The van der Waals surface area contributed by atoms with Crippen LogP contribution in [-0.2, 0) is 4.74 Å². The van der Waals surface area contributed by atoms with Crippen molar-refractivity contribution in [2.24, 2.45) is 5.92 Å². The molecule has 2 fully saturated rings. The highest BCUT2D eigenvalue weighted by atomic mass is 32.1. The van der Waals surface area contributed by atoms with E-state index in [4.69, 9.17) is 9.26 Å². The third-order valence-electron chi connectivity index (χ3n) is 4.97. The average molecular weight is 347 g/mol. The summed E-state index contributed by atoms with van der Waals surface area (Å²) in [6.45, 7) is 7.35. The van der Waals surface area contributed by atoms with E-state index in [1.165, 1.54) is 4.88 Å². The number of thiazole rings is 1. The number of piperidine rings is 1. The molecule has 1 amide bonds. The fraction of sp³-hybridized carbons (Fsp3) is 0.588. The van der Waals surface area contributed by atoms with Gasteiger partial charge in [-0.3, -0.25) is 4.79 Å². The van der Waals surface area contributed by atoms with Gasteiger partial charge in [0.05, 0.1) is 11.8 Å². The maximum atomic E-state index is 12.6. The summed E-state index contributed by atoms with van der Waals surface area (Å²) in [5.74, 6) is 0.979. The van der Waals surface area contributed by atoms with Gasteiger partial charge in [-0.25, -0.2) is 4.98 Å². The number of likely N-dealkylation sites (tertiary alicyclic amines) is 1. The van der Waals surface area contributed by atoms with Crippen LogP contribution in [0.15, 0.2) is 10.6 Å². The molecule has 0 radical (unpaired) electrons. The largest absolute Gasteiger partial charge is 0.367 e. The number of fused-ring (bicyclic) bond motifs is 1. The van der Waals surface area contributed by atoms with Gasteiger partial charge in [-0.1, -0.05) is 5.16 Å². The lowest BCUT2D eigenvalue weighted by Crippen LogP contribution is -2.44. The standard InChI is InChI=1S/C17H21N3O3S/c1-9-6-13(19-23-9)17(21)20-5-4-14-12(8-20)7-15(22-14)16-18-10(2)11(3)24-16/h6,12,14-15H,4-5,7-8H2,1-3H3/t12-,14+,15+/m1/s1. The molecule has 4 rings (SSSR count). The van der Waals surface area contributed by atoms with Crippen molar-refractivity contribution in [3.63, 3.8) is 0 Å². The lowest BCUT2D eigenvalue weighted by atomic mass is 9.92. The average Bonchev–Trinajstić information content (AvgIpc) is 3.25. The highest BCUT2D eigenvalue weighted by Crippen LogP contribution is 2.42. The molecule has 7 heteroatoms. The molecule has 0 N–H and O–H groups in total. The number of rotatable bonds is 2. The summed E-state index contributed by atoms with van der Waals surface area (Å²) in [7, 11) is 0. The first-order chi connectivity index (χ1) is 11.5. The van der Waals surface area contributed by atoms with Gasteiger partial charge < -0.3 is 14.2 Å². The molecule has 0 bridgehead atoms. The zero-order valence-electron chi connectivity index (χ0n) is 14.1. The Morgan fingerprint density at radius 3 is 2.88 bits per heavy atom. The Bertz CT molecular complexity index is 749. The van der Waals surface area contributed by atoms with Crippen LogP contribution in [0.4, 0.5) is 0 Å². The molecule has 2 aromatic rings. The van der Waals surface area contributed by atoms with E-state index in [0.717, 1.165) is 30.1 Å². The first-order valence-corrected chi connectivity index (χ1v) is 9.15. The van der Waals surface area contributed by atoms with E-state index >= 15 is 0 Å². The van der Waals surface area contributed by atoms with Crippen LogP contribution in [0.2, 0.25) is 0 Å². The van der Waals surface area contributed by atoms with E-state index in [1.54, 1.807) is 24.3 Å². The molecule has 24 heavy (non-hydrogen) atoms. The van der Waals surface area contributed by atoms with E-state index < -0.39 is 0 Å².